The van der Waals surface area contributed by atoms with Crippen LogP contribution in [0.2, 0.25) is 0 Å². The minimum Gasteiger partial charge on any atom is -0.378 e. The first kappa shape index (κ1) is 20.1. The number of alkyl halides is 2. The van der Waals surface area contributed by atoms with Crippen LogP contribution >= 0.6 is 0 Å². The molecule has 0 aliphatic rings. The fraction of sp³-hybridized carbons (Fsp3) is 0.182. The summed E-state index contributed by atoms with van der Waals surface area (Å²) in [7, 11) is 0. The number of hydrogen-bond donors (Lipinski definition) is 1. The summed E-state index contributed by atoms with van der Waals surface area (Å²) < 4.78 is 30.2. The van der Waals surface area contributed by atoms with Gasteiger partial charge >= 0.3 is 5.92 Å². The molecule has 0 saturated heterocycles. The lowest BCUT2D eigenvalue weighted by molar-refractivity contribution is -0.199. The van der Waals surface area contributed by atoms with Crippen LogP contribution in [-0.2, 0) is 11.5 Å². The van der Waals surface area contributed by atoms with Crippen molar-refractivity contribution in [3.05, 3.63) is 89.3 Å². The van der Waals surface area contributed by atoms with Crippen LogP contribution < -0.4 is 0 Å². The Morgan fingerprint density at radius 1 is 0.931 bits per heavy atom. The average Bonchev–Trinajstić information content (AvgIpc) is 2.78. The van der Waals surface area contributed by atoms with Crippen molar-refractivity contribution in [1.29, 1.82) is 5.26 Å². The molecule has 0 aliphatic carbocycles. The molecule has 0 aliphatic heterocycles. The maximum atomic E-state index is 15.1. The molecular weight excluding hydrogens is 374 g/mol. The van der Waals surface area contributed by atoms with E-state index < -0.39 is 17.2 Å². The molecule has 0 amide bonds. The van der Waals surface area contributed by atoms with E-state index in [0.717, 1.165) is 6.07 Å². The van der Waals surface area contributed by atoms with E-state index in [1.165, 1.54) is 37.9 Å². The molecular formula is C22H16F2N4O. The van der Waals surface area contributed by atoms with Gasteiger partial charge in [0.15, 0.2) is 5.60 Å². The summed E-state index contributed by atoms with van der Waals surface area (Å²) in [4.78, 5) is 11.3. The fourth-order valence-electron chi connectivity index (χ4n) is 2.76. The predicted octanol–water partition coefficient (Wildman–Crippen LogP) is 3.53. The SMILES string of the molecule is CCC(O)(c1cncnc1)C(F)(F)c1ccc(C#Cc2ccc(C#N)cc2)cn1. The summed E-state index contributed by atoms with van der Waals surface area (Å²) in [5.74, 6) is 2.06. The van der Waals surface area contributed by atoms with Crippen molar-refractivity contribution in [3.8, 4) is 17.9 Å². The van der Waals surface area contributed by atoms with Gasteiger partial charge in [0.25, 0.3) is 0 Å². The van der Waals surface area contributed by atoms with Gasteiger partial charge in [-0.15, -0.1) is 0 Å². The van der Waals surface area contributed by atoms with Gasteiger partial charge in [0, 0.05) is 35.3 Å². The molecule has 3 rings (SSSR count). The molecule has 0 fully saturated rings. The first-order valence-corrected chi connectivity index (χ1v) is 8.75. The van der Waals surface area contributed by atoms with E-state index in [0.29, 0.717) is 16.7 Å². The van der Waals surface area contributed by atoms with Gasteiger partial charge < -0.3 is 5.11 Å². The Kier molecular flexibility index (Phi) is 5.63. The lowest BCUT2D eigenvalue weighted by Gasteiger charge is -2.34. The van der Waals surface area contributed by atoms with Crippen LogP contribution in [-0.4, -0.2) is 20.1 Å². The third-order valence-corrected chi connectivity index (χ3v) is 4.52. The van der Waals surface area contributed by atoms with Crippen LogP contribution in [0.15, 0.2) is 61.3 Å². The van der Waals surface area contributed by atoms with E-state index in [4.69, 9.17) is 5.26 Å². The van der Waals surface area contributed by atoms with E-state index in [1.54, 1.807) is 24.3 Å². The third kappa shape index (κ3) is 3.96. The van der Waals surface area contributed by atoms with Crippen molar-refractivity contribution in [2.75, 3.05) is 0 Å². The smallest absolute Gasteiger partial charge is 0.321 e. The number of benzene rings is 1. The van der Waals surface area contributed by atoms with E-state index in [9.17, 15) is 5.11 Å². The highest BCUT2D eigenvalue weighted by molar-refractivity contribution is 5.44. The van der Waals surface area contributed by atoms with Gasteiger partial charge in [-0.3, -0.25) is 4.98 Å². The van der Waals surface area contributed by atoms with Crippen molar-refractivity contribution in [2.24, 2.45) is 0 Å². The largest absolute Gasteiger partial charge is 0.378 e. The van der Waals surface area contributed by atoms with Crippen molar-refractivity contribution < 1.29 is 13.9 Å². The second-order valence-electron chi connectivity index (χ2n) is 6.29. The highest BCUT2D eigenvalue weighted by Gasteiger charge is 2.55. The van der Waals surface area contributed by atoms with Gasteiger partial charge in [-0.25, -0.2) is 9.97 Å². The number of hydrogen-bond acceptors (Lipinski definition) is 5. The lowest BCUT2D eigenvalue weighted by atomic mass is 9.84. The molecule has 2 aromatic heterocycles. The van der Waals surface area contributed by atoms with Gasteiger partial charge in [0.1, 0.15) is 12.0 Å². The van der Waals surface area contributed by atoms with Crippen molar-refractivity contribution >= 4 is 0 Å². The van der Waals surface area contributed by atoms with Gasteiger partial charge in [-0.2, -0.15) is 14.0 Å². The van der Waals surface area contributed by atoms with Gasteiger partial charge in [-0.1, -0.05) is 18.8 Å². The molecule has 0 radical (unpaired) electrons. The average molecular weight is 390 g/mol. The van der Waals surface area contributed by atoms with Crippen LogP contribution in [0.1, 0.15) is 41.3 Å². The Morgan fingerprint density at radius 2 is 1.52 bits per heavy atom. The zero-order chi connectivity index (χ0) is 20.9. The zero-order valence-electron chi connectivity index (χ0n) is 15.5. The van der Waals surface area contributed by atoms with E-state index >= 15 is 8.78 Å². The predicted molar refractivity (Wildman–Crippen MR) is 101 cm³/mol. The van der Waals surface area contributed by atoms with Crippen molar-refractivity contribution in [2.45, 2.75) is 24.9 Å². The van der Waals surface area contributed by atoms with Crippen LogP contribution in [0.3, 0.4) is 0 Å². The van der Waals surface area contributed by atoms with Gasteiger partial charge in [-0.05, 0) is 42.8 Å². The number of nitrogens with zero attached hydrogens (tertiary/aromatic N) is 4. The second kappa shape index (κ2) is 8.14. The summed E-state index contributed by atoms with van der Waals surface area (Å²) in [5, 5.41) is 19.5. The number of nitriles is 1. The Hall–Kier alpha value is -3.68. The van der Waals surface area contributed by atoms with E-state index in [1.807, 2.05) is 6.07 Å². The van der Waals surface area contributed by atoms with E-state index in [2.05, 4.69) is 26.8 Å². The number of aromatic nitrogens is 3. The Balaban J connectivity index is 1.87. The molecule has 1 unspecified atom stereocenters. The zero-order valence-corrected chi connectivity index (χ0v) is 15.5. The Bertz CT molecular complexity index is 1080. The molecule has 0 saturated carbocycles. The molecule has 2 heterocycles. The van der Waals surface area contributed by atoms with Crippen LogP contribution in [0.25, 0.3) is 0 Å². The molecule has 5 nitrogen and oxygen atoms in total. The summed E-state index contributed by atoms with van der Waals surface area (Å²) in [6.07, 6.45) is 4.52. The minimum absolute atomic E-state index is 0.0843. The summed E-state index contributed by atoms with van der Waals surface area (Å²) in [5.41, 5.74) is -1.50. The highest BCUT2D eigenvalue weighted by Crippen LogP contribution is 2.46. The normalized spacial score (nSPS) is 12.9. The molecule has 29 heavy (non-hydrogen) atoms. The highest BCUT2D eigenvalue weighted by atomic mass is 19.3. The quantitative estimate of drug-likeness (QED) is 0.689. The third-order valence-electron chi connectivity index (χ3n) is 4.52. The Labute approximate surface area is 166 Å². The molecule has 7 heteroatoms. The molecule has 0 bridgehead atoms. The number of rotatable bonds is 4. The van der Waals surface area contributed by atoms with Crippen molar-refractivity contribution in [3.63, 3.8) is 0 Å². The first-order valence-electron chi connectivity index (χ1n) is 8.75. The molecule has 3 aromatic rings. The first-order chi connectivity index (χ1) is 13.9. The summed E-state index contributed by atoms with van der Waals surface area (Å²) in [6.45, 7) is 1.46. The number of halogens is 2. The molecule has 0 spiro atoms. The summed E-state index contributed by atoms with van der Waals surface area (Å²) in [6, 6.07) is 11.3. The topological polar surface area (TPSA) is 82.7 Å². The molecule has 1 N–H and O–H groups in total. The van der Waals surface area contributed by atoms with Crippen molar-refractivity contribution in [1.82, 2.24) is 15.0 Å². The molecule has 1 aromatic carbocycles. The van der Waals surface area contributed by atoms with E-state index in [-0.39, 0.29) is 12.0 Å². The van der Waals surface area contributed by atoms with Crippen LogP contribution in [0.4, 0.5) is 8.78 Å². The summed E-state index contributed by atoms with van der Waals surface area (Å²) >= 11 is 0. The fourth-order valence-corrected chi connectivity index (χ4v) is 2.76. The van der Waals surface area contributed by atoms with Gasteiger partial charge in [0.2, 0.25) is 0 Å². The Morgan fingerprint density at radius 3 is 2.07 bits per heavy atom. The molecule has 144 valence electrons. The lowest BCUT2D eigenvalue weighted by Crippen LogP contribution is -2.43. The maximum absolute atomic E-state index is 15.1. The van der Waals surface area contributed by atoms with Crippen LogP contribution in [0, 0.1) is 23.2 Å². The number of aliphatic hydroxyl groups is 1. The maximum Gasteiger partial charge on any atom is 0.321 e. The van der Waals surface area contributed by atoms with Crippen LogP contribution in [0.5, 0.6) is 0 Å². The van der Waals surface area contributed by atoms with Gasteiger partial charge in [0.05, 0.1) is 11.6 Å². The molecule has 1 atom stereocenters. The standard InChI is InChI=1S/C22H16F2N4O/c1-2-21(29,19-13-26-15-27-14-19)22(23,24)20-10-9-18(12-28-20)8-5-16-3-6-17(11-25)7-4-16/h3-4,6-7,9-10,12-15,29H,2H2,1H3. The minimum atomic E-state index is -3.66. The number of pyridine rings is 1. The monoisotopic (exact) mass is 390 g/mol. The second-order valence-corrected chi connectivity index (χ2v) is 6.29.